The lowest BCUT2D eigenvalue weighted by Gasteiger charge is -2.08. The molecule has 9 nitrogen and oxygen atoms in total. The Morgan fingerprint density at radius 2 is 1.69 bits per heavy atom. The lowest BCUT2D eigenvalue weighted by molar-refractivity contribution is -0.394. The first-order valence-corrected chi connectivity index (χ1v) is 11.3. The van der Waals surface area contributed by atoms with E-state index in [9.17, 15) is 25.0 Å². The van der Waals surface area contributed by atoms with Crippen LogP contribution in [-0.2, 0) is 0 Å². The number of non-ortho nitro benzene ring substituents is 2. The highest BCUT2D eigenvalue weighted by molar-refractivity contribution is 8.20. The monoisotopic (exact) mass is 446 g/mol. The Balaban J connectivity index is 0.000000291. The van der Waals surface area contributed by atoms with Crippen LogP contribution in [-0.4, -0.2) is 48.2 Å². The molecule has 1 aromatic rings. The molecule has 0 bridgehead atoms. The number of thioether (sulfide) groups is 2. The van der Waals surface area contributed by atoms with Crippen LogP contribution in [0.4, 0.5) is 11.4 Å². The summed E-state index contributed by atoms with van der Waals surface area (Å²) in [5.41, 5.74) is -1.74. The van der Waals surface area contributed by atoms with Crippen LogP contribution in [0.25, 0.3) is 0 Å². The van der Waals surface area contributed by atoms with Crippen LogP contribution in [0.3, 0.4) is 0 Å². The van der Waals surface area contributed by atoms with E-state index in [1.165, 1.54) is 38.5 Å². The first kappa shape index (κ1) is 25.2. The van der Waals surface area contributed by atoms with Gasteiger partial charge in [0, 0.05) is 23.1 Å². The van der Waals surface area contributed by atoms with E-state index in [4.69, 9.17) is 10.2 Å². The first-order chi connectivity index (χ1) is 13.8. The lowest BCUT2D eigenvalue weighted by atomic mass is 10.1. The molecule has 0 amide bonds. The molecule has 0 aromatic heterocycles. The van der Waals surface area contributed by atoms with Gasteiger partial charge in [0.25, 0.3) is 11.4 Å². The van der Waals surface area contributed by atoms with Crippen molar-refractivity contribution in [2.24, 2.45) is 0 Å². The number of carboxylic acids is 1. The van der Waals surface area contributed by atoms with E-state index in [0.717, 1.165) is 22.5 Å². The second kappa shape index (κ2) is 13.4. The Morgan fingerprint density at radius 1 is 1.10 bits per heavy atom. The number of aliphatic hydroxyl groups is 1. The van der Waals surface area contributed by atoms with E-state index in [0.29, 0.717) is 17.9 Å². The number of carboxylic acid groups (broad SMARTS) is 1. The van der Waals surface area contributed by atoms with Crippen molar-refractivity contribution in [1.29, 1.82) is 0 Å². The van der Waals surface area contributed by atoms with Gasteiger partial charge in [0.05, 0.1) is 32.7 Å². The van der Waals surface area contributed by atoms with Crippen molar-refractivity contribution in [3.63, 3.8) is 0 Å². The predicted molar refractivity (Wildman–Crippen MR) is 115 cm³/mol. The summed E-state index contributed by atoms with van der Waals surface area (Å²) in [5.74, 6) is -0.303. The Labute approximate surface area is 177 Å². The van der Waals surface area contributed by atoms with Gasteiger partial charge in [-0.3, -0.25) is 20.2 Å². The zero-order valence-electron chi connectivity index (χ0n) is 16.2. The quantitative estimate of drug-likeness (QED) is 0.296. The molecule has 1 heterocycles. The van der Waals surface area contributed by atoms with Crippen LogP contribution in [0.5, 0.6) is 0 Å². The van der Waals surface area contributed by atoms with Crippen molar-refractivity contribution in [3.05, 3.63) is 44.0 Å². The summed E-state index contributed by atoms with van der Waals surface area (Å²) in [6.45, 7) is 2.62. The SMILES string of the molecule is CCCCCCC[C@@H]1SC[C@@H](CO)S1.O=C(O)c1cc([N+](=O)[O-])cc([N+](=O)[O-])c1. The van der Waals surface area contributed by atoms with Gasteiger partial charge in [0.1, 0.15) is 0 Å². The smallest absolute Gasteiger partial charge is 0.336 e. The second-order valence-corrected chi connectivity index (χ2v) is 9.51. The van der Waals surface area contributed by atoms with Crippen molar-refractivity contribution in [2.45, 2.75) is 55.3 Å². The molecule has 2 rings (SSSR count). The fraction of sp³-hybridized carbons (Fsp3) is 0.611. The maximum atomic E-state index is 10.5. The van der Waals surface area contributed by atoms with Crippen molar-refractivity contribution in [1.82, 2.24) is 0 Å². The van der Waals surface area contributed by atoms with Gasteiger partial charge in [0.2, 0.25) is 0 Å². The predicted octanol–water partition coefficient (Wildman–Crippen LogP) is 4.72. The van der Waals surface area contributed by atoms with Gasteiger partial charge in [-0.15, -0.1) is 23.5 Å². The second-order valence-electron chi connectivity index (χ2n) is 6.46. The fourth-order valence-corrected chi connectivity index (χ4v) is 5.86. The largest absolute Gasteiger partial charge is 0.478 e. The Morgan fingerprint density at radius 3 is 2.14 bits per heavy atom. The number of nitrogens with zero attached hydrogens (tertiary/aromatic N) is 2. The summed E-state index contributed by atoms with van der Waals surface area (Å²) in [7, 11) is 0. The maximum absolute atomic E-state index is 10.5. The van der Waals surface area contributed by atoms with Gasteiger partial charge in [0.15, 0.2) is 0 Å². The zero-order valence-corrected chi connectivity index (χ0v) is 17.8. The number of carbonyl (C=O) groups is 1. The molecule has 1 aromatic carbocycles. The van der Waals surface area contributed by atoms with Crippen molar-refractivity contribution in [2.75, 3.05) is 12.4 Å². The molecule has 0 saturated carbocycles. The molecule has 2 N–H and O–H groups in total. The fourth-order valence-electron chi connectivity index (χ4n) is 2.60. The standard InChI is InChI=1S/C11H22OS2.C7H4N2O6/c1-2-3-4-5-6-7-11-13-9-10(8-12)14-11;10-7(11)4-1-5(8(12)13)3-6(2-4)9(14)15/h10-12H,2-9H2,1H3;1-3H,(H,10,11)/t10-,11-;/m1./s1. The topological polar surface area (TPSA) is 144 Å². The van der Waals surface area contributed by atoms with Crippen LogP contribution in [0.2, 0.25) is 0 Å². The number of hydrogen-bond acceptors (Lipinski definition) is 8. The first-order valence-electron chi connectivity index (χ1n) is 9.33. The number of rotatable bonds is 10. The van der Waals surface area contributed by atoms with Gasteiger partial charge in [-0.05, 0) is 6.42 Å². The van der Waals surface area contributed by atoms with Crippen LogP contribution >= 0.6 is 23.5 Å². The van der Waals surface area contributed by atoms with Crippen LogP contribution in [0.1, 0.15) is 55.8 Å². The Bertz CT molecular complexity index is 624. The molecule has 0 spiro atoms. The van der Waals surface area contributed by atoms with E-state index >= 15 is 0 Å². The van der Waals surface area contributed by atoms with E-state index in [2.05, 4.69) is 6.92 Å². The molecule has 0 aliphatic carbocycles. The van der Waals surface area contributed by atoms with Gasteiger partial charge < -0.3 is 10.2 Å². The highest BCUT2D eigenvalue weighted by atomic mass is 32.2. The van der Waals surface area contributed by atoms with Crippen molar-refractivity contribution < 1.29 is 24.9 Å². The molecule has 0 unspecified atom stereocenters. The molecule has 1 saturated heterocycles. The molecule has 1 aliphatic rings. The number of benzene rings is 1. The molecular formula is C18H26N2O7S2. The molecule has 11 heteroatoms. The summed E-state index contributed by atoms with van der Waals surface area (Å²) >= 11 is 4.03. The van der Waals surface area contributed by atoms with Gasteiger partial charge in [-0.25, -0.2) is 4.79 Å². The third-order valence-corrected chi connectivity index (χ3v) is 7.53. The van der Waals surface area contributed by atoms with E-state index < -0.39 is 32.8 Å². The average Bonchev–Trinajstić information content (AvgIpc) is 3.16. The average molecular weight is 447 g/mol. The third kappa shape index (κ3) is 9.46. The highest BCUT2D eigenvalue weighted by Crippen LogP contribution is 2.40. The number of aliphatic hydroxyl groups excluding tert-OH is 1. The normalized spacial score (nSPS) is 18.0. The Hall–Kier alpha value is -1.85. The molecule has 162 valence electrons. The van der Waals surface area contributed by atoms with Gasteiger partial charge in [-0.2, -0.15) is 0 Å². The van der Waals surface area contributed by atoms with Crippen LogP contribution in [0, 0.1) is 20.2 Å². The van der Waals surface area contributed by atoms with Crippen LogP contribution < -0.4 is 0 Å². The highest BCUT2D eigenvalue weighted by Gasteiger charge is 2.24. The molecule has 2 atom stereocenters. The minimum Gasteiger partial charge on any atom is -0.478 e. The van der Waals surface area contributed by atoms with Crippen molar-refractivity contribution in [3.8, 4) is 0 Å². The summed E-state index contributed by atoms with van der Waals surface area (Å²) in [6.07, 6.45) is 8.25. The van der Waals surface area contributed by atoms with Gasteiger partial charge in [-0.1, -0.05) is 39.0 Å². The van der Waals surface area contributed by atoms with E-state index in [1.807, 2.05) is 23.5 Å². The van der Waals surface area contributed by atoms with Gasteiger partial charge >= 0.3 is 5.97 Å². The minimum absolute atomic E-state index is 0.365. The Kier molecular flexibility index (Phi) is 11.6. The van der Waals surface area contributed by atoms with Crippen molar-refractivity contribution >= 4 is 40.9 Å². The maximum Gasteiger partial charge on any atom is 0.336 e. The summed E-state index contributed by atoms with van der Waals surface area (Å²) in [4.78, 5) is 29.4. The molecule has 1 aliphatic heterocycles. The molecule has 0 radical (unpaired) electrons. The zero-order chi connectivity index (χ0) is 21.8. The van der Waals surface area contributed by atoms with E-state index in [-0.39, 0.29) is 0 Å². The minimum atomic E-state index is -1.46. The lowest BCUT2D eigenvalue weighted by Crippen LogP contribution is -2.06. The molecule has 1 fully saturated rings. The number of aromatic carboxylic acids is 1. The number of hydrogen-bond donors (Lipinski definition) is 2. The number of unbranched alkanes of at least 4 members (excludes halogenated alkanes) is 4. The number of nitro groups is 2. The summed E-state index contributed by atoms with van der Waals surface area (Å²) in [5, 5.41) is 38.7. The number of nitro benzene ring substituents is 2. The molecule has 29 heavy (non-hydrogen) atoms. The third-order valence-electron chi connectivity index (χ3n) is 4.13. The van der Waals surface area contributed by atoms with E-state index in [1.54, 1.807) is 0 Å². The summed E-state index contributed by atoms with van der Waals surface area (Å²) < 4.78 is 0.772. The van der Waals surface area contributed by atoms with Crippen LogP contribution in [0.15, 0.2) is 18.2 Å². The summed E-state index contributed by atoms with van der Waals surface area (Å²) in [6, 6.07) is 2.22. The molecular weight excluding hydrogens is 420 g/mol.